The fraction of sp³-hybridized carbons (Fsp3) is 0.538. The van der Waals surface area contributed by atoms with Crippen molar-refractivity contribution < 1.29 is 9.84 Å². The average molecular weight is 221 g/mol. The van der Waals surface area contributed by atoms with Crippen LogP contribution in [0.5, 0.6) is 5.75 Å². The highest BCUT2D eigenvalue weighted by Gasteiger charge is 2.19. The normalized spacial score (nSPS) is 17.6. The van der Waals surface area contributed by atoms with Gasteiger partial charge in [0, 0.05) is 13.1 Å². The zero-order chi connectivity index (χ0) is 11.5. The highest BCUT2D eigenvalue weighted by Crippen LogP contribution is 2.31. The lowest BCUT2D eigenvalue weighted by molar-refractivity contribution is 0.145. The van der Waals surface area contributed by atoms with Gasteiger partial charge in [-0.2, -0.15) is 0 Å². The number of rotatable bonds is 2. The number of hydrogen-bond acceptors (Lipinski definition) is 3. The number of aliphatic hydroxyl groups is 1. The number of aliphatic hydroxyl groups excluding tert-OH is 1. The summed E-state index contributed by atoms with van der Waals surface area (Å²) in [6.45, 7) is 3.87. The molecule has 0 aliphatic carbocycles. The number of anilines is 1. The molecule has 3 nitrogen and oxygen atoms in total. The Kier molecular flexibility index (Phi) is 3.34. The van der Waals surface area contributed by atoms with E-state index in [9.17, 15) is 5.11 Å². The van der Waals surface area contributed by atoms with Crippen molar-refractivity contribution in [1.82, 2.24) is 0 Å². The van der Waals surface area contributed by atoms with Crippen LogP contribution in [0.3, 0.4) is 0 Å². The molecular weight excluding hydrogens is 202 g/mol. The third kappa shape index (κ3) is 2.30. The van der Waals surface area contributed by atoms with Crippen LogP contribution in [0.1, 0.15) is 18.4 Å². The first-order valence-corrected chi connectivity index (χ1v) is 5.78. The molecule has 1 saturated heterocycles. The van der Waals surface area contributed by atoms with Crippen LogP contribution in [0.4, 0.5) is 5.69 Å². The SMILES string of the molecule is COc1cc(C)ccc1N1CCC(O)CC1. The highest BCUT2D eigenvalue weighted by atomic mass is 16.5. The van der Waals surface area contributed by atoms with Crippen molar-refractivity contribution in [3.05, 3.63) is 23.8 Å². The molecule has 88 valence electrons. The van der Waals surface area contributed by atoms with E-state index in [-0.39, 0.29) is 6.10 Å². The van der Waals surface area contributed by atoms with E-state index >= 15 is 0 Å². The number of hydrogen-bond donors (Lipinski definition) is 1. The van der Waals surface area contributed by atoms with Crippen molar-refractivity contribution in [2.75, 3.05) is 25.1 Å². The molecule has 1 aliphatic heterocycles. The largest absolute Gasteiger partial charge is 0.495 e. The van der Waals surface area contributed by atoms with Crippen molar-refractivity contribution >= 4 is 5.69 Å². The van der Waals surface area contributed by atoms with Crippen LogP contribution in [0.15, 0.2) is 18.2 Å². The second kappa shape index (κ2) is 4.74. The van der Waals surface area contributed by atoms with Crippen LogP contribution in [-0.4, -0.2) is 31.4 Å². The average Bonchev–Trinajstić information content (AvgIpc) is 2.30. The maximum atomic E-state index is 9.49. The summed E-state index contributed by atoms with van der Waals surface area (Å²) in [6.07, 6.45) is 1.56. The minimum atomic E-state index is -0.132. The molecule has 0 spiro atoms. The highest BCUT2D eigenvalue weighted by molar-refractivity contribution is 5.59. The fourth-order valence-electron chi connectivity index (χ4n) is 2.15. The molecule has 0 aromatic heterocycles. The molecule has 2 rings (SSSR count). The number of aryl methyl sites for hydroxylation is 1. The van der Waals surface area contributed by atoms with Gasteiger partial charge in [0.1, 0.15) is 5.75 Å². The van der Waals surface area contributed by atoms with Crippen molar-refractivity contribution in [1.29, 1.82) is 0 Å². The number of nitrogens with zero attached hydrogens (tertiary/aromatic N) is 1. The molecular formula is C13H19NO2. The van der Waals surface area contributed by atoms with Gasteiger partial charge in [0.15, 0.2) is 0 Å². The molecule has 1 fully saturated rings. The summed E-state index contributed by atoms with van der Waals surface area (Å²) < 4.78 is 5.40. The molecule has 1 aromatic carbocycles. The first-order valence-electron chi connectivity index (χ1n) is 5.78. The van der Waals surface area contributed by atoms with Gasteiger partial charge in [-0.3, -0.25) is 0 Å². The Balaban J connectivity index is 2.19. The number of piperidine rings is 1. The molecule has 0 amide bonds. The number of ether oxygens (including phenoxy) is 1. The van der Waals surface area contributed by atoms with Crippen molar-refractivity contribution in [3.8, 4) is 5.75 Å². The Bertz CT molecular complexity index is 357. The molecule has 16 heavy (non-hydrogen) atoms. The van der Waals surface area contributed by atoms with E-state index < -0.39 is 0 Å². The smallest absolute Gasteiger partial charge is 0.142 e. The second-order valence-electron chi connectivity index (χ2n) is 4.39. The van der Waals surface area contributed by atoms with E-state index in [1.54, 1.807) is 7.11 Å². The van der Waals surface area contributed by atoms with Crippen LogP contribution < -0.4 is 9.64 Å². The predicted octanol–water partition coefficient (Wildman–Crippen LogP) is 1.96. The summed E-state index contributed by atoms with van der Waals surface area (Å²) in [4.78, 5) is 2.28. The minimum Gasteiger partial charge on any atom is -0.495 e. The Morgan fingerprint density at radius 1 is 1.31 bits per heavy atom. The Labute approximate surface area is 96.6 Å². The number of benzene rings is 1. The van der Waals surface area contributed by atoms with Crippen LogP contribution in [0.25, 0.3) is 0 Å². The standard InChI is InChI=1S/C13H19NO2/c1-10-3-4-12(13(9-10)16-2)14-7-5-11(15)6-8-14/h3-4,9,11,15H,5-8H2,1-2H3. The van der Waals surface area contributed by atoms with Gasteiger partial charge in [-0.15, -0.1) is 0 Å². The van der Waals surface area contributed by atoms with Gasteiger partial charge in [0.2, 0.25) is 0 Å². The zero-order valence-electron chi connectivity index (χ0n) is 9.94. The molecule has 1 aromatic rings. The summed E-state index contributed by atoms with van der Waals surface area (Å²) in [7, 11) is 1.71. The molecule has 0 atom stereocenters. The molecule has 0 radical (unpaired) electrons. The summed E-state index contributed by atoms with van der Waals surface area (Å²) in [6, 6.07) is 6.26. The number of methoxy groups -OCH3 is 1. The zero-order valence-corrected chi connectivity index (χ0v) is 9.94. The maximum Gasteiger partial charge on any atom is 0.142 e. The molecule has 0 unspecified atom stereocenters. The van der Waals surface area contributed by atoms with Gasteiger partial charge in [0.05, 0.1) is 18.9 Å². The van der Waals surface area contributed by atoms with Gasteiger partial charge in [-0.1, -0.05) is 6.07 Å². The van der Waals surface area contributed by atoms with Gasteiger partial charge in [-0.25, -0.2) is 0 Å². The third-order valence-corrected chi connectivity index (χ3v) is 3.14. The molecule has 0 saturated carbocycles. The van der Waals surface area contributed by atoms with Crippen molar-refractivity contribution in [3.63, 3.8) is 0 Å². The fourth-order valence-corrected chi connectivity index (χ4v) is 2.15. The second-order valence-corrected chi connectivity index (χ2v) is 4.39. The minimum absolute atomic E-state index is 0.132. The van der Waals surface area contributed by atoms with E-state index in [0.717, 1.165) is 37.4 Å². The maximum absolute atomic E-state index is 9.49. The quantitative estimate of drug-likeness (QED) is 0.828. The van der Waals surface area contributed by atoms with Gasteiger partial charge in [0.25, 0.3) is 0 Å². The molecule has 1 heterocycles. The summed E-state index contributed by atoms with van der Waals surface area (Å²) >= 11 is 0. The van der Waals surface area contributed by atoms with Gasteiger partial charge in [-0.05, 0) is 37.5 Å². The van der Waals surface area contributed by atoms with Crippen LogP contribution >= 0.6 is 0 Å². The molecule has 3 heteroatoms. The lowest BCUT2D eigenvalue weighted by atomic mass is 10.1. The predicted molar refractivity (Wildman–Crippen MR) is 65.2 cm³/mol. The monoisotopic (exact) mass is 221 g/mol. The Morgan fingerprint density at radius 3 is 2.62 bits per heavy atom. The van der Waals surface area contributed by atoms with Crippen LogP contribution in [0.2, 0.25) is 0 Å². The van der Waals surface area contributed by atoms with E-state index in [1.165, 1.54) is 5.56 Å². The lowest BCUT2D eigenvalue weighted by Crippen LogP contribution is -2.35. The molecule has 1 aliphatic rings. The Morgan fingerprint density at radius 2 is 2.00 bits per heavy atom. The topological polar surface area (TPSA) is 32.7 Å². The lowest BCUT2D eigenvalue weighted by Gasteiger charge is -2.32. The van der Waals surface area contributed by atoms with Gasteiger partial charge >= 0.3 is 0 Å². The molecule has 1 N–H and O–H groups in total. The van der Waals surface area contributed by atoms with Crippen molar-refractivity contribution in [2.24, 2.45) is 0 Å². The van der Waals surface area contributed by atoms with E-state index in [1.807, 2.05) is 0 Å². The third-order valence-electron chi connectivity index (χ3n) is 3.14. The summed E-state index contributed by atoms with van der Waals surface area (Å²) in [5.74, 6) is 0.927. The van der Waals surface area contributed by atoms with E-state index in [0.29, 0.717) is 0 Å². The van der Waals surface area contributed by atoms with Crippen LogP contribution in [0, 0.1) is 6.92 Å². The van der Waals surface area contributed by atoms with E-state index in [4.69, 9.17) is 4.74 Å². The van der Waals surface area contributed by atoms with Crippen molar-refractivity contribution in [2.45, 2.75) is 25.9 Å². The first kappa shape index (κ1) is 11.3. The summed E-state index contributed by atoms with van der Waals surface area (Å²) in [5.41, 5.74) is 2.35. The first-order chi connectivity index (χ1) is 7.70. The Hall–Kier alpha value is -1.22. The molecule has 0 bridgehead atoms. The van der Waals surface area contributed by atoms with E-state index in [2.05, 4.69) is 30.0 Å². The van der Waals surface area contributed by atoms with Gasteiger partial charge < -0.3 is 14.7 Å². The van der Waals surface area contributed by atoms with Crippen LogP contribution in [-0.2, 0) is 0 Å². The summed E-state index contributed by atoms with van der Waals surface area (Å²) in [5, 5.41) is 9.49.